The van der Waals surface area contributed by atoms with Gasteiger partial charge in [0.05, 0.1) is 23.9 Å². The van der Waals surface area contributed by atoms with E-state index in [1.807, 2.05) is 0 Å². The van der Waals surface area contributed by atoms with Gasteiger partial charge in [0.25, 0.3) is 0 Å². The molecule has 2 heteroatoms. The van der Waals surface area contributed by atoms with E-state index in [1.165, 1.54) is 12.8 Å². The van der Waals surface area contributed by atoms with E-state index in [4.69, 9.17) is 9.47 Å². The van der Waals surface area contributed by atoms with Crippen molar-refractivity contribution in [2.75, 3.05) is 0 Å². The molecule has 0 radical (unpaired) electrons. The molecule has 1 atom stereocenters. The van der Waals surface area contributed by atoms with E-state index in [9.17, 15) is 0 Å². The lowest BCUT2D eigenvalue weighted by Crippen LogP contribution is -2.19. The molecule has 1 rings (SSSR count). The summed E-state index contributed by atoms with van der Waals surface area (Å²) in [6.07, 6.45) is 5.06. The fourth-order valence-corrected chi connectivity index (χ4v) is 1.25. The molecule has 0 N–H and O–H groups in total. The summed E-state index contributed by atoms with van der Waals surface area (Å²) >= 11 is 0. The molecule has 98 valence electrons. The first-order chi connectivity index (χ1) is 7.24. The second-order valence-corrected chi connectivity index (χ2v) is 5.83. The summed E-state index contributed by atoms with van der Waals surface area (Å²) in [4.78, 5) is 0. The van der Waals surface area contributed by atoms with Crippen LogP contribution < -0.4 is 0 Å². The topological polar surface area (TPSA) is 18.5 Å². The average Bonchev–Trinajstić information content (AvgIpc) is 2.85. The van der Waals surface area contributed by atoms with Crippen LogP contribution in [0.15, 0.2) is 0 Å². The van der Waals surface area contributed by atoms with E-state index in [0.29, 0.717) is 18.3 Å². The predicted octanol–water partition coefficient (Wildman–Crippen LogP) is 4.17. The summed E-state index contributed by atoms with van der Waals surface area (Å²) < 4.78 is 10.9. The maximum absolute atomic E-state index is 5.55. The van der Waals surface area contributed by atoms with Crippen molar-refractivity contribution >= 4 is 0 Å². The molecule has 1 saturated carbocycles. The molecule has 0 aromatic heterocycles. The lowest BCUT2D eigenvalue weighted by Gasteiger charge is -2.18. The molecule has 16 heavy (non-hydrogen) atoms. The van der Waals surface area contributed by atoms with Gasteiger partial charge in [0.2, 0.25) is 0 Å². The Morgan fingerprint density at radius 2 is 1.62 bits per heavy atom. The van der Waals surface area contributed by atoms with Gasteiger partial charge in [-0.15, -0.1) is 0 Å². The van der Waals surface area contributed by atoms with Gasteiger partial charge in [-0.1, -0.05) is 6.92 Å². The van der Waals surface area contributed by atoms with Crippen molar-refractivity contribution in [3.05, 3.63) is 0 Å². The van der Waals surface area contributed by atoms with Crippen LogP contribution in [0.1, 0.15) is 67.7 Å². The quantitative estimate of drug-likeness (QED) is 0.721. The third kappa shape index (κ3) is 12.0. The molecule has 0 aromatic carbocycles. The Balaban J connectivity index is 0.000000281. The van der Waals surface area contributed by atoms with Crippen LogP contribution in [0.4, 0.5) is 0 Å². The van der Waals surface area contributed by atoms with Crippen molar-refractivity contribution in [1.82, 2.24) is 0 Å². The maximum Gasteiger partial charge on any atom is 0.0602 e. The standard InChI is InChI=1S/C7H14O.C7H16O/c1-7(2,3)8-6-4-5-6;1-5-7(4)8-6(2)3/h6H,4-5H2,1-3H3;6-7H,5H2,1-4H3. The molecule has 0 aromatic rings. The molecule has 0 aliphatic heterocycles. The first kappa shape index (κ1) is 15.9. The Kier molecular flexibility index (Phi) is 7.25. The second-order valence-electron chi connectivity index (χ2n) is 5.83. The van der Waals surface area contributed by atoms with Crippen molar-refractivity contribution in [3.8, 4) is 0 Å². The number of rotatable bonds is 4. The van der Waals surface area contributed by atoms with Gasteiger partial charge in [-0.25, -0.2) is 0 Å². The van der Waals surface area contributed by atoms with Gasteiger partial charge in [0.15, 0.2) is 0 Å². The maximum atomic E-state index is 5.55. The summed E-state index contributed by atoms with van der Waals surface area (Å²) in [5, 5.41) is 0. The van der Waals surface area contributed by atoms with E-state index >= 15 is 0 Å². The van der Waals surface area contributed by atoms with E-state index in [-0.39, 0.29) is 5.60 Å². The number of ether oxygens (including phenoxy) is 2. The van der Waals surface area contributed by atoms with Crippen molar-refractivity contribution in [1.29, 1.82) is 0 Å². The van der Waals surface area contributed by atoms with Gasteiger partial charge in [-0.3, -0.25) is 0 Å². The summed E-state index contributed by atoms with van der Waals surface area (Å²) in [6, 6.07) is 0. The fourth-order valence-electron chi connectivity index (χ4n) is 1.25. The molecular formula is C14H30O2. The normalized spacial score (nSPS) is 18.0. The molecule has 1 fully saturated rings. The summed E-state index contributed by atoms with van der Waals surface area (Å²) in [5.41, 5.74) is 0.0845. The molecular weight excluding hydrogens is 200 g/mol. The van der Waals surface area contributed by atoms with Gasteiger partial charge >= 0.3 is 0 Å². The van der Waals surface area contributed by atoms with Gasteiger partial charge in [-0.2, -0.15) is 0 Å². The van der Waals surface area contributed by atoms with Crippen molar-refractivity contribution < 1.29 is 9.47 Å². The first-order valence-electron chi connectivity index (χ1n) is 6.58. The molecule has 0 amide bonds. The van der Waals surface area contributed by atoms with Crippen LogP contribution in [0, 0.1) is 0 Å². The number of hydrogen-bond acceptors (Lipinski definition) is 2. The lowest BCUT2D eigenvalue weighted by atomic mass is 10.2. The van der Waals surface area contributed by atoms with Crippen LogP contribution in [-0.4, -0.2) is 23.9 Å². The van der Waals surface area contributed by atoms with Crippen molar-refractivity contribution in [2.45, 2.75) is 91.6 Å². The highest BCUT2D eigenvalue weighted by atomic mass is 16.5. The third-order valence-electron chi connectivity index (χ3n) is 2.12. The second kappa shape index (κ2) is 7.29. The molecule has 1 unspecified atom stereocenters. The highest BCUT2D eigenvalue weighted by molar-refractivity contribution is 4.77. The van der Waals surface area contributed by atoms with Crippen LogP contribution >= 0.6 is 0 Å². The van der Waals surface area contributed by atoms with Crippen LogP contribution in [0.5, 0.6) is 0 Å². The monoisotopic (exact) mass is 230 g/mol. The van der Waals surface area contributed by atoms with Crippen molar-refractivity contribution in [3.63, 3.8) is 0 Å². The average molecular weight is 230 g/mol. The Bertz CT molecular complexity index is 166. The minimum Gasteiger partial charge on any atom is -0.376 e. The van der Waals surface area contributed by atoms with Gasteiger partial charge in [-0.05, 0) is 60.8 Å². The van der Waals surface area contributed by atoms with E-state index in [1.54, 1.807) is 0 Å². The summed E-state index contributed by atoms with van der Waals surface area (Å²) in [6.45, 7) is 14.7. The molecule has 0 heterocycles. The molecule has 0 spiro atoms. The summed E-state index contributed by atoms with van der Waals surface area (Å²) in [5.74, 6) is 0. The lowest BCUT2D eigenvalue weighted by molar-refractivity contribution is -0.0151. The molecule has 1 aliphatic rings. The van der Waals surface area contributed by atoms with Crippen molar-refractivity contribution in [2.24, 2.45) is 0 Å². The van der Waals surface area contributed by atoms with Crippen LogP contribution in [0.2, 0.25) is 0 Å². The van der Waals surface area contributed by atoms with Crippen LogP contribution in [0.25, 0.3) is 0 Å². The Morgan fingerprint density at radius 3 is 1.75 bits per heavy atom. The minimum absolute atomic E-state index is 0.0845. The molecule has 0 bridgehead atoms. The highest BCUT2D eigenvalue weighted by Gasteiger charge is 2.27. The predicted molar refractivity (Wildman–Crippen MR) is 69.8 cm³/mol. The van der Waals surface area contributed by atoms with E-state index in [0.717, 1.165) is 6.42 Å². The smallest absolute Gasteiger partial charge is 0.0602 e. The van der Waals surface area contributed by atoms with Crippen LogP contribution in [0.3, 0.4) is 0 Å². The zero-order valence-corrected chi connectivity index (χ0v) is 12.2. The van der Waals surface area contributed by atoms with E-state index < -0.39 is 0 Å². The zero-order valence-electron chi connectivity index (χ0n) is 12.2. The highest BCUT2D eigenvalue weighted by Crippen LogP contribution is 2.28. The zero-order chi connectivity index (χ0) is 12.8. The fraction of sp³-hybridized carbons (Fsp3) is 1.00. The van der Waals surface area contributed by atoms with Gasteiger partial charge < -0.3 is 9.47 Å². The summed E-state index contributed by atoms with van der Waals surface area (Å²) in [7, 11) is 0. The largest absolute Gasteiger partial charge is 0.376 e. The Labute approximate surface area is 102 Å². The Morgan fingerprint density at radius 1 is 1.12 bits per heavy atom. The molecule has 2 nitrogen and oxygen atoms in total. The third-order valence-corrected chi connectivity index (χ3v) is 2.12. The number of hydrogen-bond donors (Lipinski definition) is 0. The van der Waals surface area contributed by atoms with Crippen LogP contribution in [-0.2, 0) is 9.47 Å². The SMILES string of the molecule is CC(C)(C)OC1CC1.CCC(C)OC(C)C. The Hall–Kier alpha value is -0.0800. The van der Waals surface area contributed by atoms with Gasteiger partial charge in [0.1, 0.15) is 0 Å². The first-order valence-corrected chi connectivity index (χ1v) is 6.58. The van der Waals surface area contributed by atoms with Gasteiger partial charge in [0, 0.05) is 0 Å². The molecule has 1 aliphatic carbocycles. The van der Waals surface area contributed by atoms with E-state index in [2.05, 4.69) is 48.5 Å². The molecule has 0 saturated heterocycles. The minimum atomic E-state index is 0.0845.